The van der Waals surface area contributed by atoms with Gasteiger partial charge in [-0.05, 0) is 58.2 Å². The monoisotopic (exact) mass is 363 g/mol. The molecule has 2 aliphatic rings. The van der Waals surface area contributed by atoms with Crippen molar-refractivity contribution < 1.29 is 23.5 Å². The number of carbonyl (C=O) groups excluding carboxylic acids is 2. The van der Waals surface area contributed by atoms with E-state index in [-0.39, 0.29) is 29.9 Å². The number of Topliss-reactive ketones (excluding diaryl/α,β-unsaturated/α-hetero) is 1. The highest BCUT2D eigenvalue weighted by Crippen LogP contribution is 2.35. The molecule has 26 heavy (non-hydrogen) atoms. The molecule has 2 atom stereocenters. The third-order valence-electron chi connectivity index (χ3n) is 4.96. The number of ether oxygens (including phenoxy) is 2. The maximum Gasteiger partial charge on any atom is 0.410 e. The number of benzene rings is 1. The maximum absolute atomic E-state index is 13.6. The number of fused-ring (bicyclic) bond motifs is 2. The summed E-state index contributed by atoms with van der Waals surface area (Å²) in [6.45, 7) is 8.09. The largest absolute Gasteiger partial charge is 0.444 e. The topological polar surface area (TPSA) is 55.8 Å². The Morgan fingerprint density at radius 3 is 2.38 bits per heavy atom. The molecular formula is C20H26FNO4. The fraction of sp³-hybridized carbons (Fsp3) is 0.600. The molecule has 3 rings (SSSR count). The molecule has 0 radical (unpaired) electrons. The van der Waals surface area contributed by atoms with Crippen LogP contribution in [0.1, 0.15) is 49.5 Å². The summed E-state index contributed by atoms with van der Waals surface area (Å²) in [5.74, 6) is -0.704. The average molecular weight is 363 g/mol. The highest BCUT2D eigenvalue weighted by atomic mass is 19.1. The maximum atomic E-state index is 13.6. The van der Waals surface area contributed by atoms with Gasteiger partial charge in [-0.3, -0.25) is 9.69 Å². The van der Waals surface area contributed by atoms with Crippen LogP contribution < -0.4 is 0 Å². The van der Waals surface area contributed by atoms with Crippen molar-refractivity contribution in [1.82, 2.24) is 4.90 Å². The van der Waals surface area contributed by atoms with Gasteiger partial charge in [0.05, 0.1) is 25.3 Å². The van der Waals surface area contributed by atoms with Crippen molar-refractivity contribution in [1.29, 1.82) is 0 Å². The van der Waals surface area contributed by atoms with Crippen LogP contribution in [0.3, 0.4) is 0 Å². The summed E-state index contributed by atoms with van der Waals surface area (Å²) in [6, 6.07) is 3.91. The number of aryl methyl sites for hydroxylation is 1. The number of morpholine rings is 1. The second kappa shape index (κ2) is 6.99. The van der Waals surface area contributed by atoms with E-state index in [1.54, 1.807) is 11.0 Å². The van der Waals surface area contributed by atoms with Gasteiger partial charge in [0.1, 0.15) is 11.4 Å². The van der Waals surface area contributed by atoms with E-state index in [9.17, 15) is 14.0 Å². The van der Waals surface area contributed by atoms with E-state index in [1.807, 2.05) is 27.7 Å². The number of piperidine rings is 1. The molecule has 1 aromatic rings. The first-order valence-electron chi connectivity index (χ1n) is 9.05. The molecule has 2 unspecified atom stereocenters. The van der Waals surface area contributed by atoms with Crippen LogP contribution in [0.5, 0.6) is 0 Å². The van der Waals surface area contributed by atoms with Crippen LogP contribution in [0.4, 0.5) is 9.18 Å². The molecule has 142 valence electrons. The third kappa shape index (κ3) is 3.90. The van der Waals surface area contributed by atoms with E-state index in [0.717, 1.165) is 5.56 Å². The van der Waals surface area contributed by atoms with Crippen LogP contribution >= 0.6 is 0 Å². The highest BCUT2D eigenvalue weighted by molar-refractivity contribution is 5.99. The molecule has 5 nitrogen and oxygen atoms in total. The Labute approximate surface area is 153 Å². The molecule has 6 heteroatoms. The fourth-order valence-electron chi connectivity index (χ4n) is 3.82. The van der Waals surface area contributed by atoms with Crippen LogP contribution in [-0.2, 0) is 9.47 Å². The van der Waals surface area contributed by atoms with E-state index in [0.29, 0.717) is 31.6 Å². The van der Waals surface area contributed by atoms with Gasteiger partial charge in [-0.1, -0.05) is 6.07 Å². The number of ketones is 1. The average Bonchev–Trinajstić information content (AvgIpc) is 2.53. The second-order valence-corrected chi connectivity index (χ2v) is 8.22. The van der Waals surface area contributed by atoms with Crippen LogP contribution in [0.2, 0.25) is 0 Å². The first kappa shape index (κ1) is 18.8. The molecule has 0 aromatic heterocycles. The van der Waals surface area contributed by atoms with Gasteiger partial charge < -0.3 is 9.47 Å². The van der Waals surface area contributed by atoms with Gasteiger partial charge in [0, 0.05) is 11.5 Å². The molecule has 2 bridgehead atoms. The lowest BCUT2D eigenvalue weighted by Crippen LogP contribution is -2.60. The highest BCUT2D eigenvalue weighted by Gasteiger charge is 2.45. The van der Waals surface area contributed by atoms with E-state index in [2.05, 4.69) is 0 Å². The summed E-state index contributed by atoms with van der Waals surface area (Å²) in [5.41, 5.74) is 0.629. The standard InChI is InChI=1S/C20H26FNO4/c1-12-5-6-14(21)9-17(12)18(23)13-7-15-10-25-11-16(8-13)22(15)19(24)26-20(2,3)4/h5-6,9,13,15-16H,7-8,10-11H2,1-4H3. The van der Waals surface area contributed by atoms with Gasteiger partial charge in [0.2, 0.25) is 0 Å². The van der Waals surface area contributed by atoms with Crippen LogP contribution in [-0.4, -0.2) is 47.7 Å². The molecule has 2 saturated heterocycles. The van der Waals surface area contributed by atoms with Gasteiger partial charge in [0.25, 0.3) is 0 Å². The van der Waals surface area contributed by atoms with Gasteiger partial charge in [-0.2, -0.15) is 0 Å². The van der Waals surface area contributed by atoms with Crippen LogP contribution in [0.25, 0.3) is 0 Å². The predicted octanol–water partition coefficient (Wildman–Crippen LogP) is 3.73. The van der Waals surface area contributed by atoms with Crippen LogP contribution in [0, 0.1) is 18.7 Å². The molecule has 2 heterocycles. The third-order valence-corrected chi connectivity index (χ3v) is 4.96. The minimum Gasteiger partial charge on any atom is -0.444 e. The number of nitrogens with zero attached hydrogens (tertiary/aromatic N) is 1. The van der Waals surface area contributed by atoms with Crippen molar-refractivity contribution >= 4 is 11.9 Å². The first-order chi connectivity index (χ1) is 12.2. The van der Waals surface area contributed by atoms with Crippen molar-refractivity contribution in [3.8, 4) is 0 Å². The molecule has 0 spiro atoms. The van der Waals surface area contributed by atoms with Gasteiger partial charge in [0.15, 0.2) is 5.78 Å². The molecule has 0 saturated carbocycles. The lowest BCUT2D eigenvalue weighted by molar-refractivity contribution is -0.0861. The fourth-order valence-corrected chi connectivity index (χ4v) is 3.82. The number of hydrogen-bond donors (Lipinski definition) is 0. The smallest absolute Gasteiger partial charge is 0.410 e. The number of carbonyl (C=O) groups is 2. The first-order valence-corrected chi connectivity index (χ1v) is 9.05. The van der Waals surface area contributed by atoms with E-state index in [1.165, 1.54) is 12.1 Å². The quantitative estimate of drug-likeness (QED) is 0.751. The summed E-state index contributed by atoms with van der Waals surface area (Å²) in [4.78, 5) is 27.3. The van der Waals surface area contributed by atoms with Crippen molar-refractivity contribution in [3.05, 3.63) is 35.1 Å². The van der Waals surface area contributed by atoms with E-state index < -0.39 is 11.4 Å². The Hall–Kier alpha value is -1.95. The number of rotatable bonds is 2. The molecule has 1 aromatic carbocycles. The molecule has 2 aliphatic heterocycles. The van der Waals surface area contributed by atoms with Gasteiger partial charge in [-0.15, -0.1) is 0 Å². The van der Waals surface area contributed by atoms with Crippen molar-refractivity contribution in [2.45, 2.75) is 58.2 Å². The lowest BCUT2D eigenvalue weighted by Gasteiger charge is -2.47. The minimum absolute atomic E-state index is 0.0530. The minimum atomic E-state index is -0.572. The SMILES string of the molecule is Cc1ccc(F)cc1C(=O)C1CC2COCC(C1)N2C(=O)OC(C)(C)C. The Kier molecular flexibility index (Phi) is 5.06. The molecular weight excluding hydrogens is 337 g/mol. The van der Waals surface area contributed by atoms with Crippen molar-refractivity contribution in [2.24, 2.45) is 5.92 Å². The Morgan fingerprint density at radius 2 is 1.81 bits per heavy atom. The summed E-state index contributed by atoms with van der Waals surface area (Å²) < 4.78 is 24.7. The van der Waals surface area contributed by atoms with Gasteiger partial charge in [-0.25, -0.2) is 9.18 Å². The summed E-state index contributed by atoms with van der Waals surface area (Å²) in [5, 5.41) is 0. The van der Waals surface area contributed by atoms with Crippen molar-refractivity contribution in [3.63, 3.8) is 0 Å². The van der Waals surface area contributed by atoms with Crippen molar-refractivity contribution in [2.75, 3.05) is 13.2 Å². The molecule has 2 fully saturated rings. The number of halogens is 1. The normalized spacial score (nSPS) is 25.7. The number of hydrogen-bond acceptors (Lipinski definition) is 4. The second-order valence-electron chi connectivity index (χ2n) is 8.22. The van der Waals surface area contributed by atoms with E-state index >= 15 is 0 Å². The lowest BCUT2D eigenvalue weighted by atomic mass is 9.80. The summed E-state index contributed by atoms with van der Waals surface area (Å²) >= 11 is 0. The predicted molar refractivity (Wildman–Crippen MR) is 94.7 cm³/mol. The molecule has 0 aliphatic carbocycles. The summed E-state index contributed by atoms with van der Waals surface area (Å²) in [7, 11) is 0. The molecule has 0 N–H and O–H groups in total. The summed E-state index contributed by atoms with van der Waals surface area (Å²) in [6.07, 6.45) is 0.651. The molecule has 1 amide bonds. The van der Waals surface area contributed by atoms with Gasteiger partial charge >= 0.3 is 6.09 Å². The zero-order chi connectivity index (χ0) is 19.1. The Bertz CT molecular complexity index is 698. The van der Waals surface area contributed by atoms with Crippen LogP contribution in [0.15, 0.2) is 18.2 Å². The Morgan fingerprint density at radius 1 is 1.19 bits per heavy atom. The zero-order valence-electron chi connectivity index (χ0n) is 15.8. The zero-order valence-corrected chi connectivity index (χ0v) is 15.8. The van der Waals surface area contributed by atoms with E-state index in [4.69, 9.17) is 9.47 Å². The number of amides is 1. The Balaban J connectivity index is 1.78.